The first-order valence-electron chi connectivity index (χ1n) is 6.38. The first-order chi connectivity index (χ1) is 9.63. The van der Waals surface area contributed by atoms with Crippen molar-refractivity contribution in [1.82, 2.24) is 9.88 Å². The molecule has 2 heterocycles. The third-order valence-corrected chi connectivity index (χ3v) is 3.39. The summed E-state index contributed by atoms with van der Waals surface area (Å²) >= 11 is 0. The minimum absolute atomic E-state index is 0.207. The molecule has 0 spiro atoms. The molecule has 0 N–H and O–H groups in total. The van der Waals surface area contributed by atoms with E-state index in [1.165, 1.54) is 18.9 Å². The molecule has 0 fully saturated rings. The Morgan fingerprint density at radius 1 is 1.40 bits per heavy atom. The number of hydrogen-bond acceptors (Lipinski definition) is 5. The minimum Gasteiger partial charge on any atom is -0.463 e. The summed E-state index contributed by atoms with van der Waals surface area (Å²) in [4.78, 5) is 17.7. The number of pyridine rings is 1. The van der Waals surface area contributed by atoms with E-state index in [1.54, 1.807) is 18.5 Å². The molecule has 0 saturated carbocycles. The quantitative estimate of drug-likeness (QED) is 0.784. The van der Waals surface area contributed by atoms with Gasteiger partial charge in [0.1, 0.15) is 0 Å². The third-order valence-electron chi connectivity index (χ3n) is 3.39. The van der Waals surface area contributed by atoms with E-state index in [4.69, 9.17) is 9.15 Å². The Hall–Kier alpha value is -2.14. The van der Waals surface area contributed by atoms with Crippen LogP contribution in [0.4, 0.5) is 0 Å². The summed E-state index contributed by atoms with van der Waals surface area (Å²) in [6.07, 6.45) is 5.06. The van der Waals surface area contributed by atoms with Crippen LogP contribution in [0.2, 0.25) is 0 Å². The van der Waals surface area contributed by atoms with Gasteiger partial charge in [0, 0.05) is 30.5 Å². The summed E-state index contributed by atoms with van der Waals surface area (Å²) in [7, 11) is 3.34. The van der Waals surface area contributed by atoms with Crippen LogP contribution in [0.15, 0.2) is 41.3 Å². The standard InChI is InChI=1S/C15H18N2O3/c1-11(12-4-7-16-8-5-12)17(2)10-13-6-9-20-14(13)15(18)19-3/h4-9,11H,10H2,1-3H3/t11-/m0/s1. The van der Waals surface area contributed by atoms with Gasteiger partial charge in [0.05, 0.1) is 13.4 Å². The zero-order chi connectivity index (χ0) is 14.5. The molecule has 5 heteroatoms. The molecule has 0 aromatic carbocycles. The number of rotatable bonds is 5. The Kier molecular flexibility index (Phi) is 4.53. The van der Waals surface area contributed by atoms with Crippen molar-refractivity contribution in [3.63, 3.8) is 0 Å². The molecule has 1 atom stereocenters. The molecule has 5 nitrogen and oxygen atoms in total. The van der Waals surface area contributed by atoms with Crippen LogP contribution in [0.25, 0.3) is 0 Å². The van der Waals surface area contributed by atoms with Gasteiger partial charge in [-0.05, 0) is 37.7 Å². The van der Waals surface area contributed by atoms with E-state index in [0.29, 0.717) is 6.54 Å². The van der Waals surface area contributed by atoms with Crippen molar-refractivity contribution >= 4 is 5.97 Å². The van der Waals surface area contributed by atoms with Crippen molar-refractivity contribution in [1.29, 1.82) is 0 Å². The highest BCUT2D eigenvalue weighted by atomic mass is 16.5. The SMILES string of the molecule is COC(=O)c1occc1CN(C)[C@@H](C)c1ccncc1. The zero-order valence-electron chi connectivity index (χ0n) is 11.9. The van der Waals surface area contributed by atoms with Gasteiger partial charge in [-0.15, -0.1) is 0 Å². The zero-order valence-corrected chi connectivity index (χ0v) is 11.9. The van der Waals surface area contributed by atoms with Crippen molar-refractivity contribution in [2.24, 2.45) is 0 Å². The van der Waals surface area contributed by atoms with E-state index in [-0.39, 0.29) is 11.8 Å². The number of carbonyl (C=O) groups is 1. The number of methoxy groups -OCH3 is 1. The number of hydrogen-bond donors (Lipinski definition) is 0. The lowest BCUT2D eigenvalue weighted by molar-refractivity contribution is 0.0561. The van der Waals surface area contributed by atoms with E-state index in [9.17, 15) is 4.79 Å². The molecule has 0 unspecified atom stereocenters. The molecule has 2 aromatic rings. The van der Waals surface area contributed by atoms with Crippen LogP contribution in [0, 0.1) is 0 Å². The monoisotopic (exact) mass is 274 g/mol. The molecule has 0 aliphatic rings. The fourth-order valence-corrected chi connectivity index (χ4v) is 2.03. The van der Waals surface area contributed by atoms with E-state index >= 15 is 0 Å². The van der Waals surface area contributed by atoms with E-state index in [0.717, 1.165) is 5.56 Å². The Morgan fingerprint density at radius 2 is 2.10 bits per heavy atom. The Labute approximate surface area is 118 Å². The van der Waals surface area contributed by atoms with Gasteiger partial charge in [0.25, 0.3) is 0 Å². The molecule has 106 valence electrons. The predicted octanol–water partition coefficient (Wildman–Crippen LogP) is 2.65. The molecular weight excluding hydrogens is 256 g/mol. The lowest BCUT2D eigenvalue weighted by Gasteiger charge is -2.24. The summed E-state index contributed by atoms with van der Waals surface area (Å²) in [5.41, 5.74) is 1.99. The molecule has 0 amide bonds. The molecule has 0 aliphatic heterocycles. The van der Waals surface area contributed by atoms with Crippen molar-refractivity contribution in [3.8, 4) is 0 Å². The second-order valence-corrected chi connectivity index (χ2v) is 4.64. The van der Waals surface area contributed by atoms with E-state index in [2.05, 4.69) is 16.8 Å². The molecule has 0 saturated heterocycles. The first kappa shape index (κ1) is 14.3. The van der Waals surface area contributed by atoms with Crippen LogP contribution >= 0.6 is 0 Å². The number of carbonyl (C=O) groups excluding carboxylic acids is 1. The van der Waals surface area contributed by atoms with E-state index < -0.39 is 5.97 Å². The normalized spacial score (nSPS) is 12.4. The predicted molar refractivity (Wildman–Crippen MR) is 74.2 cm³/mol. The summed E-state index contributed by atoms with van der Waals surface area (Å²) in [6, 6.07) is 5.97. The molecular formula is C15H18N2O3. The van der Waals surface area contributed by atoms with Crippen LogP contribution in [-0.2, 0) is 11.3 Å². The van der Waals surface area contributed by atoms with Crippen LogP contribution in [0.3, 0.4) is 0 Å². The van der Waals surface area contributed by atoms with E-state index in [1.807, 2.05) is 19.2 Å². The molecule has 0 radical (unpaired) electrons. The Bertz CT molecular complexity index is 566. The van der Waals surface area contributed by atoms with Gasteiger partial charge in [-0.1, -0.05) is 0 Å². The molecule has 0 bridgehead atoms. The third kappa shape index (κ3) is 3.05. The maximum absolute atomic E-state index is 11.6. The number of aromatic nitrogens is 1. The lowest BCUT2D eigenvalue weighted by atomic mass is 10.1. The van der Waals surface area contributed by atoms with Crippen molar-refractivity contribution < 1.29 is 13.9 Å². The fraction of sp³-hybridized carbons (Fsp3) is 0.333. The van der Waals surface area contributed by atoms with Gasteiger partial charge >= 0.3 is 5.97 Å². The van der Waals surface area contributed by atoms with Crippen LogP contribution in [0.5, 0.6) is 0 Å². The smallest absolute Gasteiger partial charge is 0.374 e. The van der Waals surface area contributed by atoms with Crippen LogP contribution in [0.1, 0.15) is 34.6 Å². The summed E-state index contributed by atoms with van der Waals surface area (Å²) < 4.78 is 9.89. The Morgan fingerprint density at radius 3 is 2.75 bits per heavy atom. The second kappa shape index (κ2) is 6.34. The molecule has 2 rings (SSSR count). The molecule has 0 aliphatic carbocycles. The summed E-state index contributed by atoms with van der Waals surface area (Å²) in [5.74, 6) is -0.184. The molecule has 2 aromatic heterocycles. The summed E-state index contributed by atoms with van der Waals surface area (Å²) in [5, 5.41) is 0. The van der Waals surface area contributed by atoms with Crippen molar-refractivity contribution in [2.75, 3.05) is 14.2 Å². The van der Waals surface area contributed by atoms with Gasteiger partial charge in [-0.2, -0.15) is 0 Å². The first-order valence-corrected chi connectivity index (χ1v) is 6.38. The average molecular weight is 274 g/mol. The summed E-state index contributed by atoms with van der Waals surface area (Å²) in [6.45, 7) is 2.71. The fourth-order valence-electron chi connectivity index (χ4n) is 2.03. The number of ether oxygens (including phenoxy) is 1. The minimum atomic E-state index is -0.449. The highest BCUT2D eigenvalue weighted by Crippen LogP contribution is 2.22. The highest BCUT2D eigenvalue weighted by molar-refractivity contribution is 5.87. The van der Waals surface area contributed by atoms with Crippen LogP contribution in [-0.4, -0.2) is 30.0 Å². The van der Waals surface area contributed by atoms with Crippen LogP contribution < -0.4 is 0 Å². The lowest BCUT2D eigenvalue weighted by Crippen LogP contribution is -2.22. The number of furan rings is 1. The van der Waals surface area contributed by atoms with Crippen molar-refractivity contribution in [2.45, 2.75) is 19.5 Å². The van der Waals surface area contributed by atoms with Gasteiger partial charge in [-0.25, -0.2) is 4.79 Å². The molecule has 20 heavy (non-hydrogen) atoms. The topological polar surface area (TPSA) is 55.6 Å². The van der Waals surface area contributed by atoms with Gasteiger partial charge in [-0.3, -0.25) is 9.88 Å². The second-order valence-electron chi connectivity index (χ2n) is 4.64. The van der Waals surface area contributed by atoms with Gasteiger partial charge in [0.15, 0.2) is 0 Å². The Balaban J connectivity index is 2.10. The maximum Gasteiger partial charge on any atom is 0.374 e. The van der Waals surface area contributed by atoms with Gasteiger partial charge in [0.2, 0.25) is 5.76 Å². The van der Waals surface area contributed by atoms with Crippen molar-refractivity contribution in [3.05, 3.63) is 53.7 Å². The largest absolute Gasteiger partial charge is 0.463 e. The average Bonchev–Trinajstić information content (AvgIpc) is 2.94. The number of nitrogens with zero attached hydrogens (tertiary/aromatic N) is 2. The van der Waals surface area contributed by atoms with Gasteiger partial charge < -0.3 is 9.15 Å². The highest BCUT2D eigenvalue weighted by Gasteiger charge is 2.19. The number of esters is 1. The maximum atomic E-state index is 11.6.